The Kier molecular flexibility index (Phi) is 5.46. The summed E-state index contributed by atoms with van der Waals surface area (Å²) in [7, 11) is 0. The molecule has 3 rings (SSSR count). The molecule has 1 aromatic carbocycles. The molecule has 1 aromatic heterocycles. The van der Waals surface area contributed by atoms with Gasteiger partial charge in [0.25, 0.3) is 5.91 Å². The van der Waals surface area contributed by atoms with Crippen LogP contribution in [0.2, 0.25) is 0 Å². The van der Waals surface area contributed by atoms with E-state index in [1.165, 1.54) is 23.5 Å². The molecule has 1 fully saturated rings. The fourth-order valence-electron chi connectivity index (χ4n) is 2.70. The SMILES string of the molecule is O=C(c1sccc1Br)N(Cc1cccc(F)c1)CC1CCCO1. The van der Waals surface area contributed by atoms with Gasteiger partial charge in [0.05, 0.1) is 6.10 Å². The lowest BCUT2D eigenvalue weighted by molar-refractivity contribution is 0.0510. The molecule has 1 saturated heterocycles. The number of hydrogen-bond donors (Lipinski definition) is 0. The van der Waals surface area contributed by atoms with Crippen LogP contribution in [0.15, 0.2) is 40.2 Å². The van der Waals surface area contributed by atoms with Crippen LogP contribution < -0.4 is 0 Å². The molecule has 1 atom stereocenters. The van der Waals surface area contributed by atoms with Crippen LogP contribution in [0, 0.1) is 5.82 Å². The fourth-order valence-corrected chi connectivity index (χ4v) is 4.21. The number of nitrogens with zero attached hydrogens (tertiary/aromatic N) is 1. The highest BCUT2D eigenvalue weighted by atomic mass is 79.9. The maximum atomic E-state index is 13.4. The molecule has 6 heteroatoms. The average molecular weight is 398 g/mol. The topological polar surface area (TPSA) is 29.5 Å². The molecule has 1 aliphatic heterocycles. The summed E-state index contributed by atoms with van der Waals surface area (Å²) in [5.74, 6) is -0.337. The van der Waals surface area contributed by atoms with Crippen LogP contribution >= 0.6 is 27.3 Å². The Hall–Kier alpha value is -1.24. The minimum absolute atomic E-state index is 0.0494. The first-order valence-corrected chi connectivity index (χ1v) is 9.19. The van der Waals surface area contributed by atoms with E-state index in [0.717, 1.165) is 29.5 Å². The molecule has 0 N–H and O–H groups in total. The maximum absolute atomic E-state index is 13.4. The van der Waals surface area contributed by atoms with Gasteiger partial charge < -0.3 is 9.64 Å². The van der Waals surface area contributed by atoms with E-state index in [-0.39, 0.29) is 17.8 Å². The number of carbonyl (C=O) groups is 1. The number of hydrogen-bond acceptors (Lipinski definition) is 3. The van der Waals surface area contributed by atoms with E-state index >= 15 is 0 Å². The number of ether oxygens (including phenoxy) is 1. The lowest BCUT2D eigenvalue weighted by Gasteiger charge is -2.25. The zero-order chi connectivity index (χ0) is 16.2. The second kappa shape index (κ2) is 7.55. The fraction of sp³-hybridized carbons (Fsp3) is 0.353. The van der Waals surface area contributed by atoms with Gasteiger partial charge in [-0.1, -0.05) is 12.1 Å². The molecule has 0 spiro atoms. The number of thiophene rings is 1. The third kappa shape index (κ3) is 4.19. The van der Waals surface area contributed by atoms with Gasteiger partial charge in [-0.05, 0) is 57.9 Å². The van der Waals surface area contributed by atoms with Crippen LogP contribution in [0.5, 0.6) is 0 Å². The smallest absolute Gasteiger partial charge is 0.265 e. The minimum Gasteiger partial charge on any atom is -0.376 e. The molecule has 0 aliphatic carbocycles. The molecule has 2 aromatic rings. The van der Waals surface area contributed by atoms with Gasteiger partial charge in [0.2, 0.25) is 0 Å². The van der Waals surface area contributed by atoms with Gasteiger partial charge in [0, 0.05) is 24.2 Å². The van der Waals surface area contributed by atoms with Crippen molar-refractivity contribution in [2.75, 3.05) is 13.2 Å². The summed E-state index contributed by atoms with van der Waals surface area (Å²) < 4.78 is 19.9. The van der Waals surface area contributed by atoms with Crippen LogP contribution in [0.4, 0.5) is 4.39 Å². The van der Waals surface area contributed by atoms with Gasteiger partial charge in [-0.3, -0.25) is 4.79 Å². The van der Waals surface area contributed by atoms with Crippen molar-refractivity contribution < 1.29 is 13.9 Å². The highest BCUT2D eigenvalue weighted by molar-refractivity contribution is 9.10. The minimum atomic E-state index is -0.288. The van der Waals surface area contributed by atoms with Gasteiger partial charge in [0.1, 0.15) is 10.7 Å². The molecule has 1 amide bonds. The molecule has 2 heterocycles. The predicted molar refractivity (Wildman–Crippen MR) is 92.1 cm³/mol. The maximum Gasteiger partial charge on any atom is 0.265 e. The summed E-state index contributed by atoms with van der Waals surface area (Å²) in [4.78, 5) is 15.3. The van der Waals surface area contributed by atoms with Crippen molar-refractivity contribution in [3.8, 4) is 0 Å². The highest BCUT2D eigenvalue weighted by Gasteiger charge is 2.25. The number of carbonyl (C=O) groups excluding carboxylic acids is 1. The molecule has 1 aliphatic rings. The van der Waals surface area contributed by atoms with Crippen molar-refractivity contribution in [3.63, 3.8) is 0 Å². The van der Waals surface area contributed by atoms with E-state index in [0.29, 0.717) is 18.0 Å². The first kappa shape index (κ1) is 16.6. The van der Waals surface area contributed by atoms with E-state index in [9.17, 15) is 9.18 Å². The third-order valence-corrected chi connectivity index (χ3v) is 5.63. The number of benzene rings is 1. The van der Waals surface area contributed by atoms with Crippen molar-refractivity contribution in [1.29, 1.82) is 0 Å². The largest absolute Gasteiger partial charge is 0.376 e. The van der Waals surface area contributed by atoms with Crippen molar-refractivity contribution in [3.05, 3.63) is 56.4 Å². The van der Waals surface area contributed by atoms with Crippen LogP contribution in [0.1, 0.15) is 28.1 Å². The predicted octanol–water partition coefficient (Wildman–Crippen LogP) is 4.47. The summed E-state index contributed by atoms with van der Waals surface area (Å²) in [6.07, 6.45) is 2.04. The van der Waals surface area contributed by atoms with Crippen LogP contribution in [0.3, 0.4) is 0 Å². The zero-order valence-electron chi connectivity index (χ0n) is 12.5. The van der Waals surface area contributed by atoms with Gasteiger partial charge in [-0.15, -0.1) is 11.3 Å². The van der Waals surface area contributed by atoms with Crippen molar-refractivity contribution in [1.82, 2.24) is 4.90 Å². The molecule has 0 radical (unpaired) electrons. The molecule has 0 saturated carbocycles. The lowest BCUT2D eigenvalue weighted by atomic mass is 10.1. The molecule has 0 bridgehead atoms. The third-order valence-electron chi connectivity index (χ3n) is 3.81. The van der Waals surface area contributed by atoms with Crippen molar-refractivity contribution >= 4 is 33.2 Å². The van der Waals surface area contributed by atoms with Crippen LogP contribution in [-0.2, 0) is 11.3 Å². The number of halogens is 2. The van der Waals surface area contributed by atoms with E-state index in [4.69, 9.17) is 4.74 Å². The van der Waals surface area contributed by atoms with E-state index in [1.807, 2.05) is 17.5 Å². The van der Waals surface area contributed by atoms with E-state index in [2.05, 4.69) is 15.9 Å². The zero-order valence-corrected chi connectivity index (χ0v) is 14.9. The van der Waals surface area contributed by atoms with Gasteiger partial charge in [-0.2, -0.15) is 0 Å². The Balaban J connectivity index is 1.80. The van der Waals surface area contributed by atoms with Crippen LogP contribution in [-0.4, -0.2) is 30.1 Å². The summed E-state index contributed by atoms with van der Waals surface area (Å²) in [6.45, 7) is 1.65. The van der Waals surface area contributed by atoms with Crippen molar-refractivity contribution in [2.45, 2.75) is 25.5 Å². The first-order chi connectivity index (χ1) is 11.1. The number of rotatable bonds is 5. The Morgan fingerprint density at radius 1 is 1.43 bits per heavy atom. The molecule has 1 unspecified atom stereocenters. The Morgan fingerprint density at radius 3 is 2.96 bits per heavy atom. The molecular formula is C17H17BrFNO2S. The first-order valence-electron chi connectivity index (χ1n) is 7.52. The molecular weight excluding hydrogens is 381 g/mol. The standard InChI is InChI=1S/C17H17BrFNO2S/c18-15-6-8-23-16(15)17(21)20(11-14-5-2-7-22-14)10-12-3-1-4-13(19)9-12/h1,3-4,6,8-9,14H,2,5,7,10-11H2. The summed E-state index contributed by atoms with van der Waals surface area (Å²) in [5.41, 5.74) is 0.782. The highest BCUT2D eigenvalue weighted by Crippen LogP contribution is 2.26. The molecule has 122 valence electrons. The summed E-state index contributed by atoms with van der Waals surface area (Å²) in [5, 5.41) is 1.88. The van der Waals surface area contributed by atoms with Gasteiger partial charge >= 0.3 is 0 Å². The van der Waals surface area contributed by atoms with Gasteiger partial charge in [0.15, 0.2) is 0 Å². The normalized spacial score (nSPS) is 17.4. The quantitative estimate of drug-likeness (QED) is 0.744. The average Bonchev–Trinajstić information content (AvgIpc) is 3.17. The van der Waals surface area contributed by atoms with Crippen LogP contribution in [0.25, 0.3) is 0 Å². The lowest BCUT2D eigenvalue weighted by Crippen LogP contribution is -2.36. The van der Waals surface area contributed by atoms with E-state index in [1.54, 1.807) is 11.0 Å². The summed E-state index contributed by atoms with van der Waals surface area (Å²) in [6, 6.07) is 8.25. The number of amides is 1. The van der Waals surface area contributed by atoms with Crippen molar-refractivity contribution in [2.24, 2.45) is 0 Å². The Morgan fingerprint density at radius 2 is 2.30 bits per heavy atom. The van der Waals surface area contributed by atoms with Gasteiger partial charge in [-0.25, -0.2) is 4.39 Å². The van der Waals surface area contributed by atoms with E-state index < -0.39 is 0 Å². The monoisotopic (exact) mass is 397 g/mol. The second-order valence-corrected chi connectivity index (χ2v) is 7.32. The second-order valence-electron chi connectivity index (χ2n) is 5.55. The Labute approximate surface area is 147 Å². The summed E-state index contributed by atoms with van der Waals surface area (Å²) >= 11 is 4.82. The Bertz CT molecular complexity index is 685. The molecule has 23 heavy (non-hydrogen) atoms. The molecule has 3 nitrogen and oxygen atoms in total.